The molecule has 2 aromatic carbocycles. The number of allylic oxidation sites excluding steroid dienone is 6. The minimum atomic E-state index is -0.871. The second kappa shape index (κ2) is 9.05. The Morgan fingerprint density at radius 3 is 2.41 bits per heavy atom. The molecule has 7 nitrogen and oxygen atoms in total. The number of Topliss-reactive ketones (excluding diaryl/α,β-unsaturated/α-hetero) is 2. The molecule has 4 aliphatic rings. The average molecular weight is 590 g/mol. The molecule has 1 N–H and O–H groups in total. The van der Waals surface area contributed by atoms with Crippen molar-refractivity contribution >= 4 is 50.8 Å². The van der Waals surface area contributed by atoms with Gasteiger partial charge in [-0.1, -0.05) is 17.7 Å². The number of hydrogen-bond donors (Lipinski definition) is 1. The predicted octanol–water partition coefficient (Wildman–Crippen LogP) is 4.70. The van der Waals surface area contributed by atoms with Crippen LogP contribution in [0.2, 0.25) is 0 Å². The zero-order valence-electron chi connectivity index (χ0n) is 20.6. The van der Waals surface area contributed by atoms with Gasteiger partial charge in [0.1, 0.15) is 0 Å². The van der Waals surface area contributed by atoms with Crippen LogP contribution in [0.3, 0.4) is 0 Å². The first kappa shape index (κ1) is 25.3. The molecule has 196 valence electrons. The van der Waals surface area contributed by atoms with Gasteiger partial charge in [0.2, 0.25) is 11.8 Å². The standard InChI is InChI=1S/C30H21BrFNO6/c1-13(34)14-2-5-16(6-3-14)33-29(38)18-8-7-17-19(26(18)30(33)39)11-20-27(24(36)12-21(31)28(20)37)25(17)15-4-9-23(35)22(32)10-15/h2-7,9-10,12,18-19,25-26,35H,8,11H2,1H3/t18-,19+,25-,26-/m0/s1. The zero-order valence-corrected chi connectivity index (χ0v) is 22.2. The van der Waals surface area contributed by atoms with Crippen LogP contribution >= 0.6 is 15.9 Å². The number of nitrogens with zero attached hydrogens (tertiary/aromatic N) is 1. The third-order valence-corrected chi connectivity index (χ3v) is 8.76. The minimum Gasteiger partial charge on any atom is -0.505 e. The van der Waals surface area contributed by atoms with E-state index in [0.29, 0.717) is 22.4 Å². The van der Waals surface area contributed by atoms with Crippen molar-refractivity contribution in [1.82, 2.24) is 0 Å². The van der Waals surface area contributed by atoms with Gasteiger partial charge in [0, 0.05) is 28.7 Å². The molecule has 4 atom stereocenters. The molecule has 1 saturated heterocycles. The lowest BCUT2D eigenvalue weighted by Gasteiger charge is -2.42. The summed E-state index contributed by atoms with van der Waals surface area (Å²) in [6.45, 7) is 1.43. The van der Waals surface area contributed by atoms with Crippen molar-refractivity contribution in [2.24, 2.45) is 17.8 Å². The Kier molecular flexibility index (Phi) is 5.87. The van der Waals surface area contributed by atoms with E-state index in [1.54, 1.807) is 24.3 Å². The van der Waals surface area contributed by atoms with Crippen LogP contribution in [0.5, 0.6) is 5.75 Å². The molecule has 2 aromatic rings. The van der Waals surface area contributed by atoms with Crippen LogP contribution in [0.25, 0.3) is 0 Å². The number of phenolic OH excluding ortho intramolecular Hbond substituents is 1. The first-order valence-corrected chi connectivity index (χ1v) is 13.2. The molecule has 0 unspecified atom stereocenters. The molecule has 0 bridgehead atoms. The molecule has 1 heterocycles. The molecule has 9 heteroatoms. The Bertz CT molecular complexity index is 1620. The fourth-order valence-electron chi connectivity index (χ4n) is 6.39. The first-order valence-electron chi connectivity index (χ1n) is 12.4. The average Bonchev–Trinajstić information content (AvgIpc) is 3.17. The van der Waals surface area contributed by atoms with Gasteiger partial charge in [-0.2, -0.15) is 0 Å². The number of anilines is 1. The zero-order chi connectivity index (χ0) is 27.7. The smallest absolute Gasteiger partial charge is 0.238 e. The lowest BCUT2D eigenvalue weighted by molar-refractivity contribution is -0.123. The molecular formula is C30H21BrFNO6. The van der Waals surface area contributed by atoms with E-state index in [9.17, 15) is 33.5 Å². The summed E-state index contributed by atoms with van der Waals surface area (Å²) >= 11 is 3.17. The van der Waals surface area contributed by atoms with E-state index < -0.39 is 46.9 Å². The van der Waals surface area contributed by atoms with Gasteiger partial charge < -0.3 is 5.11 Å². The number of rotatable bonds is 3. The Balaban J connectivity index is 1.46. The van der Waals surface area contributed by atoms with Gasteiger partial charge in [-0.15, -0.1) is 0 Å². The Labute approximate surface area is 230 Å². The summed E-state index contributed by atoms with van der Waals surface area (Å²) in [7, 11) is 0. The number of carbonyl (C=O) groups is 5. The van der Waals surface area contributed by atoms with Crippen molar-refractivity contribution in [2.45, 2.75) is 25.7 Å². The number of phenols is 1. The molecule has 0 aromatic heterocycles. The van der Waals surface area contributed by atoms with Crippen LogP contribution in [-0.2, 0) is 19.2 Å². The van der Waals surface area contributed by atoms with E-state index in [1.165, 1.54) is 25.1 Å². The SMILES string of the molecule is CC(=O)c1ccc(N2C(=O)[C@H]3[C@H](CC=C4[C@H](c5ccc(O)c(F)c5)C5=C(C[C@H]43)C(=O)C(Br)=CC5=O)C2=O)cc1. The third kappa shape index (κ3) is 3.78. The lowest BCUT2D eigenvalue weighted by atomic mass is 9.59. The van der Waals surface area contributed by atoms with Gasteiger partial charge in [-0.05, 0) is 83.6 Å². The molecule has 1 fully saturated rings. The fraction of sp³-hybridized carbons (Fsp3) is 0.233. The second-order valence-electron chi connectivity index (χ2n) is 10.2. The van der Waals surface area contributed by atoms with Crippen LogP contribution < -0.4 is 4.90 Å². The number of ketones is 3. The van der Waals surface area contributed by atoms with E-state index in [-0.39, 0.29) is 45.9 Å². The van der Waals surface area contributed by atoms with Crippen LogP contribution in [0.15, 0.2) is 75.8 Å². The van der Waals surface area contributed by atoms with Crippen molar-refractivity contribution in [3.8, 4) is 5.75 Å². The van der Waals surface area contributed by atoms with E-state index >= 15 is 0 Å². The number of imide groups is 1. The van der Waals surface area contributed by atoms with E-state index in [2.05, 4.69) is 15.9 Å². The monoisotopic (exact) mass is 589 g/mol. The maximum Gasteiger partial charge on any atom is 0.238 e. The number of hydrogen-bond acceptors (Lipinski definition) is 6. The summed E-state index contributed by atoms with van der Waals surface area (Å²) in [6, 6.07) is 10.1. The van der Waals surface area contributed by atoms with E-state index in [0.717, 1.165) is 11.0 Å². The van der Waals surface area contributed by atoms with E-state index in [4.69, 9.17) is 0 Å². The molecule has 0 saturated carbocycles. The molecule has 0 radical (unpaired) electrons. The van der Waals surface area contributed by atoms with Gasteiger partial charge in [0.25, 0.3) is 0 Å². The molecule has 1 aliphatic heterocycles. The van der Waals surface area contributed by atoms with Gasteiger partial charge in [0.05, 0.1) is 22.0 Å². The normalized spacial score (nSPS) is 26.2. The van der Waals surface area contributed by atoms with Crippen LogP contribution in [0, 0.1) is 23.6 Å². The van der Waals surface area contributed by atoms with Crippen molar-refractivity contribution in [2.75, 3.05) is 4.90 Å². The van der Waals surface area contributed by atoms with E-state index in [1.807, 2.05) is 6.08 Å². The maximum atomic E-state index is 14.5. The van der Waals surface area contributed by atoms with Gasteiger partial charge in [0.15, 0.2) is 28.9 Å². The minimum absolute atomic E-state index is 0.0864. The Morgan fingerprint density at radius 2 is 1.74 bits per heavy atom. The lowest BCUT2D eigenvalue weighted by Crippen LogP contribution is -2.39. The highest BCUT2D eigenvalue weighted by Crippen LogP contribution is 2.55. The number of aromatic hydroxyl groups is 1. The number of halogens is 2. The molecule has 0 spiro atoms. The van der Waals surface area contributed by atoms with Crippen LogP contribution in [0.1, 0.15) is 41.6 Å². The van der Waals surface area contributed by atoms with Crippen LogP contribution in [-0.4, -0.2) is 34.3 Å². The maximum absolute atomic E-state index is 14.5. The number of amides is 2. The Morgan fingerprint density at radius 1 is 1.03 bits per heavy atom. The van der Waals surface area contributed by atoms with Gasteiger partial charge in [-0.3, -0.25) is 28.9 Å². The summed E-state index contributed by atoms with van der Waals surface area (Å²) in [5.41, 5.74) is 2.32. The fourth-order valence-corrected chi connectivity index (χ4v) is 6.84. The van der Waals surface area contributed by atoms with Crippen LogP contribution in [0.4, 0.5) is 10.1 Å². The molecule has 39 heavy (non-hydrogen) atoms. The third-order valence-electron chi connectivity index (χ3n) is 8.17. The summed E-state index contributed by atoms with van der Waals surface area (Å²) < 4.78 is 14.6. The second-order valence-corrected chi connectivity index (χ2v) is 11.1. The van der Waals surface area contributed by atoms with Gasteiger partial charge >= 0.3 is 0 Å². The van der Waals surface area contributed by atoms with Crippen molar-refractivity contribution < 1.29 is 33.5 Å². The Hall–Kier alpha value is -3.98. The summed E-state index contributed by atoms with van der Waals surface area (Å²) in [6.07, 6.45) is 3.37. The predicted molar refractivity (Wildman–Crippen MR) is 142 cm³/mol. The van der Waals surface area contributed by atoms with Crippen molar-refractivity contribution in [3.63, 3.8) is 0 Å². The molecule has 2 amide bonds. The highest BCUT2D eigenvalue weighted by atomic mass is 79.9. The molecular weight excluding hydrogens is 569 g/mol. The summed E-state index contributed by atoms with van der Waals surface area (Å²) in [5.74, 6) is -5.94. The topological polar surface area (TPSA) is 109 Å². The molecule has 6 rings (SSSR count). The molecule has 3 aliphatic carbocycles. The summed E-state index contributed by atoms with van der Waals surface area (Å²) in [4.78, 5) is 66.7. The number of carbonyl (C=O) groups excluding carboxylic acids is 5. The highest BCUT2D eigenvalue weighted by Gasteiger charge is 2.56. The van der Waals surface area contributed by atoms with Crippen molar-refractivity contribution in [3.05, 3.63) is 92.8 Å². The summed E-state index contributed by atoms with van der Waals surface area (Å²) in [5, 5.41) is 9.76. The van der Waals surface area contributed by atoms with Crippen molar-refractivity contribution in [1.29, 1.82) is 0 Å². The largest absolute Gasteiger partial charge is 0.505 e. The quantitative estimate of drug-likeness (QED) is 0.240. The number of benzene rings is 2. The number of fused-ring (bicyclic) bond motifs is 3. The highest BCUT2D eigenvalue weighted by molar-refractivity contribution is 9.12. The first-order chi connectivity index (χ1) is 18.6. The van der Waals surface area contributed by atoms with Gasteiger partial charge in [-0.25, -0.2) is 4.39 Å².